The molecule has 3 rings (SSSR count). The Hall–Kier alpha value is -1.68. The Kier molecular flexibility index (Phi) is 7.10. The maximum atomic E-state index is 7.00. The Morgan fingerprint density at radius 2 is 0.955 bits per heavy atom. The Bertz CT molecular complexity index is 458. The van der Waals surface area contributed by atoms with Crippen LogP contribution in [0.5, 0.6) is 0 Å². The molecule has 3 heteroatoms. The zero-order valence-corrected chi connectivity index (χ0v) is 13.4. The van der Waals surface area contributed by atoms with Crippen LogP contribution >= 0.6 is 0 Å². The fourth-order valence-corrected chi connectivity index (χ4v) is 2.79. The van der Waals surface area contributed by atoms with Gasteiger partial charge in [0.2, 0.25) is 0 Å². The molecule has 0 aliphatic carbocycles. The lowest BCUT2D eigenvalue weighted by atomic mass is 10.1. The van der Waals surface area contributed by atoms with E-state index in [1.165, 1.54) is 37.3 Å². The first-order valence-electron chi connectivity index (χ1n) is 7.87. The van der Waals surface area contributed by atoms with Crippen molar-refractivity contribution in [1.82, 2.24) is 9.80 Å². The van der Waals surface area contributed by atoms with E-state index in [1.807, 2.05) is 0 Å². The molecule has 0 amide bonds. The minimum Gasteiger partial charge on any atom is -0.400 e. The lowest BCUT2D eigenvalue weighted by molar-refractivity contribution is 0.122. The van der Waals surface area contributed by atoms with Crippen LogP contribution in [0, 0.1) is 0 Å². The molecule has 0 atom stereocenters. The maximum absolute atomic E-state index is 7.00. The molecule has 0 bridgehead atoms. The third kappa shape index (κ3) is 5.26. The van der Waals surface area contributed by atoms with E-state index in [9.17, 15) is 0 Å². The molecule has 22 heavy (non-hydrogen) atoms. The van der Waals surface area contributed by atoms with Crippen molar-refractivity contribution in [3.8, 4) is 0 Å². The van der Waals surface area contributed by atoms with Crippen molar-refractivity contribution in [2.75, 3.05) is 33.3 Å². The van der Waals surface area contributed by atoms with Crippen LogP contribution in [0.25, 0.3) is 0 Å². The number of hydrogen-bond acceptors (Lipinski definition) is 3. The molecule has 0 saturated carbocycles. The first-order chi connectivity index (χ1) is 10.9. The molecule has 1 saturated heterocycles. The summed E-state index contributed by atoms with van der Waals surface area (Å²) >= 11 is 0. The molecule has 0 aromatic heterocycles. The van der Waals surface area contributed by atoms with E-state index in [0.717, 1.165) is 20.2 Å². The van der Waals surface area contributed by atoms with Crippen molar-refractivity contribution in [3.63, 3.8) is 0 Å². The monoisotopic (exact) mass is 298 g/mol. The molecular weight excluding hydrogens is 272 g/mol. The summed E-state index contributed by atoms with van der Waals surface area (Å²) in [6.45, 7) is 6.84. The van der Waals surface area contributed by atoms with Crippen molar-refractivity contribution in [2.24, 2.45) is 0 Å². The van der Waals surface area contributed by atoms with Gasteiger partial charge in [0, 0.05) is 46.4 Å². The van der Waals surface area contributed by atoms with E-state index < -0.39 is 0 Å². The molecule has 0 radical (unpaired) electrons. The van der Waals surface area contributed by atoms with Gasteiger partial charge in [-0.2, -0.15) is 0 Å². The van der Waals surface area contributed by atoms with Crippen molar-refractivity contribution in [3.05, 3.63) is 71.8 Å². The van der Waals surface area contributed by atoms with Gasteiger partial charge in [-0.3, -0.25) is 9.80 Å². The highest BCUT2D eigenvalue weighted by Crippen LogP contribution is 2.11. The molecule has 1 fully saturated rings. The van der Waals surface area contributed by atoms with Gasteiger partial charge in [-0.1, -0.05) is 60.7 Å². The van der Waals surface area contributed by atoms with Gasteiger partial charge in [0.05, 0.1) is 0 Å². The molecule has 1 aliphatic heterocycles. The number of aliphatic hydroxyl groups excluding tert-OH is 1. The van der Waals surface area contributed by atoms with Crippen LogP contribution in [-0.4, -0.2) is 48.2 Å². The zero-order chi connectivity index (χ0) is 15.6. The lowest BCUT2D eigenvalue weighted by Gasteiger charge is -2.34. The Morgan fingerprint density at radius 1 is 0.636 bits per heavy atom. The predicted molar refractivity (Wildman–Crippen MR) is 91.6 cm³/mol. The minimum absolute atomic E-state index is 1.00. The summed E-state index contributed by atoms with van der Waals surface area (Å²) in [6.07, 6.45) is 0. The summed E-state index contributed by atoms with van der Waals surface area (Å²) < 4.78 is 0. The van der Waals surface area contributed by atoms with E-state index in [2.05, 4.69) is 70.5 Å². The standard InChI is InChI=1S/C18H22N2.CH4O/c1-3-7-17(8-4-1)15-19-11-13-20(14-12-19)16-18-9-5-2-6-10-18;1-2/h1-10H,11-16H2;2H,1H3. The predicted octanol–water partition coefficient (Wildman–Crippen LogP) is 2.61. The third-order valence-corrected chi connectivity index (χ3v) is 3.96. The van der Waals surface area contributed by atoms with Crippen molar-refractivity contribution in [1.29, 1.82) is 0 Å². The van der Waals surface area contributed by atoms with Crippen LogP contribution in [-0.2, 0) is 13.1 Å². The largest absolute Gasteiger partial charge is 0.400 e. The quantitative estimate of drug-likeness (QED) is 0.940. The average Bonchev–Trinajstić information content (AvgIpc) is 2.60. The highest BCUT2D eigenvalue weighted by molar-refractivity contribution is 5.15. The molecule has 1 heterocycles. The number of rotatable bonds is 4. The summed E-state index contributed by atoms with van der Waals surface area (Å²) in [6, 6.07) is 21.5. The molecule has 0 unspecified atom stereocenters. The van der Waals surface area contributed by atoms with E-state index in [-0.39, 0.29) is 0 Å². The Labute approximate surface area is 133 Å². The minimum atomic E-state index is 1.00. The normalized spacial score (nSPS) is 15.9. The summed E-state index contributed by atoms with van der Waals surface area (Å²) in [5.41, 5.74) is 2.84. The molecule has 2 aromatic carbocycles. The van der Waals surface area contributed by atoms with Crippen LogP contribution in [0.15, 0.2) is 60.7 Å². The molecule has 2 aromatic rings. The number of piperazine rings is 1. The Morgan fingerprint density at radius 3 is 1.27 bits per heavy atom. The first kappa shape index (κ1) is 16.7. The number of hydrogen-bond donors (Lipinski definition) is 1. The highest BCUT2D eigenvalue weighted by atomic mass is 16.2. The number of nitrogens with zero attached hydrogens (tertiary/aromatic N) is 2. The van der Waals surface area contributed by atoms with Gasteiger partial charge >= 0.3 is 0 Å². The van der Waals surface area contributed by atoms with Crippen LogP contribution < -0.4 is 0 Å². The molecule has 0 spiro atoms. The molecule has 118 valence electrons. The van der Waals surface area contributed by atoms with Crippen molar-refractivity contribution < 1.29 is 5.11 Å². The van der Waals surface area contributed by atoms with Crippen molar-refractivity contribution >= 4 is 0 Å². The van der Waals surface area contributed by atoms with Crippen LogP contribution in [0.4, 0.5) is 0 Å². The zero-order valence-electron chi connectivity index (χ0n) is 13.4. The maximum Gasteiger partial charge on any atom is 0.0319 e. The number of benzene rings is 2. The lowest BCUT2D eigenvalue weighted by Crippen LogP contribution is -2.45. The van der Waals surface area contributed by atoms with Gasteiger partial charge in [-0.05, 0) is 11.1 Å². The second-order valence-corrected chi connectivity index (χ2v) is 5.52. The van der Waals surface area contributed by atoms with E-state index in [0.29, 0.717) is 0 Å². The smallest absolute Gasteiger partial charge is 0.0319 e. The van der Waals surface area contributed by atoms with E-state index in [4.69, 9.17) is 5.11 Å². The van der Waals surface area contributed by atoms with E-state index >= 15 is 0 Å². The second kappa shape index (κ2) is 9.36. The molecular formula is C19H26N2O. The fourth-order valence-electron chi connectivity index (χ4n) is 2.79. The summed E-state index contributed by atoms with van der Waals surface area (Å²) in [5.74, 6) is 0. The second-order valence-electron chi connectivity index (χ2n) is 5.52. The van der Waals surface area contributed by atoms with Crippen LogP contribution in [0.1, 0.15) is 11.1 Å². The van der Waals surface area contributed by atoms with Gasteiger partial charge in [0.1, 0.15) is 0 Å². The average molecular weight is 298 g/mol. The van der Waals surface area contributed by atoms with Crippen LogP contribution in [0.2, 0.25) is 0 Å². The molecule has 3 nitrogen and oxygen atoms in total. The fraction of sp³-hybridized carbons (Fsp3) is 0.368. The summed E-state index contributed by atoms with van der Waals surface area (Å²) in [7, 11) is 1.00. The summed E-state index contributed by atoms with van der Waals surface area (Å²) in [5, 5.41) is 7.00. The highest BCUT2D eigenvalue weighted by Gasteiger charge is 2.16. The molecule has 1 N–H and O–H groups in total. The van der Waals surface area contributed by atoms with Gasteiger partial charge in [-0.15, -0.1) is 0 Å². The summed E-state index contributed by atoms with van der Waals surface area (Å²) in [4.78, 5) is 5.10. The number of aliphatic hydroxyl groups is 1. The Balaban J connectivity index is 0.000000847. The SMILES string of the molecule is CO.c1ccc(CN2CCN(Cc3ccccc3)CC2)cc1. The van der Waals surface area contributed by atoms with Gasteiger partial charge < -0.3 is 5.11 Å². The third-order valence-electron chi connectivity index (χ3n) is 3.96. The van der Waals surface area contributed by atoms with Gasteiger partial charge in [-0.25, -0.2) is 0 Å². The topological polar surface area (TPSA) is 26.7 Å². The molecule has 1 aliphatic rings. The first-order valence-corrected chi connectivity index (χ1v) is 7.87. The van der Waals surface area contributed by atoms with E-state index in [1.54, 1.807) is 0 Å². The van der Waals surface area contributed by atoms with Gasteiger partial charge in [0.15, 0.2) is 0 Å². The van der Waals surface area contributed by atoms with Crippen molar-refractivity contribution in [2.45, 2.75) is 13.1 Å². The van der Waals surface area contributed by atoms with Crippen LogP contribution in [0.3, 0.4) is 0 Å². The van der Waals surface area contributed by atoms with Gasteiger partial charge in [0.25, 0.3) is 0 Å².